The van der Waals surface area contributed by atoms with Crippen molar-refractivity contribution in [3.05, 3.63) is 24.0 Å². The van der Waals surface area contributed by atoms with Crippen LogP contribution in [0.25, 0.3) is 0 Å². The molecule has 1 rings (SSSR count). The molecule has 0 radical (unpaired) electrons. The van der Waals surface area contributed by atoms with Crippen LogP contribution in [0.1, 0.15) is 12.8 Å². The fourth-order valence-corrected chi connectivity index (χ4v) is 2.55. The lowest BCUT2D eigenvalue weighted by atomic mass is 10.3. The van der Waals surface area contributed by atoms with Crippen molar-refractivity contribution in [2.45, 2.75) is 12.8 Å². The predicted octanol–water partition coefficient (Wildman–Crippen LogP) is 2.29. The number of aromatic hydroxyl groups is 1. The van der Waals surface area contributed by atoms with Gasteiger partial charge in [-0.25, -0.2) is 12.8 Å². The van der Waals surface area contributed by atoms with Crippen molar-refractivity contribution >= 4 is 27.3 Å². The smallest absolute Gasteiger partial charge is 0.232 e. The Kier molecular flexibility index (Phi) is 5.02. The van der Waals surface area contributed by atoms with Crippen LogP contribution in [0.15, 0.2) is 18.2 Å². The Morgan fingerprint density at radius 2 is 2.06 bits per heavy atom. The van der Waals surface area contributed by atoms with E-state index in [9.17, 15) is 12.8 Å². The Hall–Kier alpha value is -1.01. The third-order valence-corrected chi connectivity index (χ3v) is 3.66. The first kappa shape index (κ1) is 14.1. The average molecular weight is 282 g/mol. The van der Waals surface area contributed by atoms with E-state index in [1.807, 2.05) is 0 Å². The molecule has 4 nitrogen and oxygen atoms in total. The molecule has 0 unspecified atom stereocenters. The van der Waals surface area contributed by atoms with Gasteiger partial charge in [0.15, 0.2) is 11.6 Å². The second-order valence-electron chi connectivity index (χ2n) is 3.48. The quantitative estimate of drug-likeness (QED) is 0.478. The zero-order valence-electron chi connectivity index (χ0n) is 8.99. The first-order valence-electron chi connectivity index (χ1n) is 4.99. The van der Waals surface area contributed by atoms with Gasteiger partial charge in [0.2, 0.25) is 10.0 Å². The van der Waals surface area contributed by atoms with Gasteiger partial charge in [-0.15, -0.1) is 11.6 Å². The van der Waals surface area contributed by atoms with Crippen molar-refractivity contribution in [1.29, 1.82) is 0 Å². The summed E-state index contributed by atoms with van der Waals surface area (Å²) in [7, 11) is -3.49. The van der Waals surface area contributed by atoms with Crippen molar-refractivity contribution in [3.63, 3.8) is 0 Å². The molecule has 0 spiro atoms. The Morgan fingerprint density at radius 1 is 1.35 bits per heavy atom. The first-order valence-corrected chi connectivity index (χ1v) is 7.18. The molecule has 0 bridgehead atoms. The molecular weight excluding hydrogens is 269 g/mol. The molecule has 1 aromatic carbocycles. The summed E-state index contributed by atoms with van der Waals surface area (Å²) in [6, 6.07) is 3.30. The number of rotatable bonds is 6. The summed E-state index contributed by atoms with van der Waals surface area (Å²) in [6.07, 6.45) is 1.05. The summed E-state index contributed by atoms with van der Waals surface area (Å²) in [4.78, 5) is 0. The highest BCUT2D eigenvalue weighted by Crippen LogP contribution is 2.20. The van der Waals surface area contributed by atoms with Crippen LogP contribution in [0.5, 0.6) is 5.75 Å². The van der Waals surface area contributed by atoms with E-state index in [1.54, 1.807) is 0 Å². The molecular formula is C10H13ClFNO3S. The van der Waals surface area contributed by atoms with Crippen LogP contribution in [0.2, 0.25) is 0 Å². The minimum absolute atomic E-state index is 0.0672. The van der Waals surface area contributed by atoms with Crippen LogP contribution in [-0.4, -0.2) is 25.2 Å². The summed E-state index contributed by atoms with van der Waals surface area (Å²) in [6.45, 7) is 0. The van der Waals surface area contributed by atoms with E-state index in [-0.39, 0.29) is 11.4 Å². The Labute approximate surface area is 104 Å². The SMILES string of the molecule is O=S(=O)(CCCCCl)Nc1ccc(O)c(F)c1. The summed E-state index contributed by atoms with van der Waals surface area (Å²) < 4.78 is 38.2. The van der Waals surface area contributed by atoms with Gasteiger partial charge in [0.25, 0.3) is 0 Å². The van der Waals surface area contributed by atoms with E-state index in [0.29, 0.717) is 18.7 Å². The molecule has 96 valence electrons. The van der Waals surface area contributed by atoms with Gasteiger partial charge < -0.3 is 5.11 Å². The second kappa shape index (κ2) is 6.07. The molecule has 1 aromatic rings. The third-order valence-electron chi connectivity index (χ3n) is 2.02. The normalized spacial score (nSPS) is 11.4. The van der Waals surface area contributed by atoms with Gasteiger partial charge >= 0.3 is 0 Å². The van der Waals surface area contributed by atoms with Gasteiger partial charge in [-0.3, -0.25) is 4.72 Å². The van der Waals surface area contributed by atoms with Crippen molar-refractivity contribution in [2.24, 2.45) is 0 Å². The van der Waals surface area contributed by atoms with E-state index in [2.05, 4.69) is 4.72 Å². The minimum atomic E-state index is -3.49. The number of phenolic OH excluding ortho intramolecular Hbond substituents is 1. The van der Waals surface area contributed by atoms with Gasteiger partial charge in [0.05, 0.1) is 11.4 Å². The summed E-state index contributed by atoms with van der Waals surface area (Å²) in [5, 5.41) is 8.95. The number of nitrogens with one attached hydrogen (secondary N) is 1. The third kappa shape index (κ3) is 4.79. The molecule has 0 heterocycles. The zero-order chi connectivity index (χ0) is 12.9. The molecule has 0 aliphatic heterocycles. The van der Waals surface area contributed by atoms with Crippen molar-refractivity contribution < 1.29 is 17.9 Å². The number of unbranched alkanes of at least 4 members (excludes halogenated alkanes) is 1. The van der Waals surface area contributed by atoms with Crippen LogP contribution in [0.3, 0.4) is 0 Å². The van der Waals surface area contributed by atoms with E-state index < -0.39 is 21.6 Å². The number of halogens is 2. The zero-order valence-corrected chi connectivity index (χ0v) is 10.6. The molecule has 0 saturated carbocycles. The van der Waals surface area contributed by atoms with Crippen molar-refractivity contribution in [3.8, 4) is 5.75 Å². The Balaban J connectivity index is 2.66. The maximum Gasteiger partial charge on any atom is 0.232 e. The largest absolute Gasteiger partial charge is 0.505 e. The second-order valence-corrected chi connectivity index (χ2v) is 5.70. The summed E-state index contributed by atoms with van der Waals surface area (Å²) in [5.41, 5.74) is 0.0890. The number of alkyl halides is 1. The van der Waals surface area contributed by atoms with Crippen LogP contribution >= 0.6 is 11.6 Å². The van der Waals surface area contributed by atoms with Crippen LogP contribution in [0.4, 0.5) is 10.1 Å². The van der Waals surface area contributed by atoms with E-state index in [4.69, 9.17) is 16.7 Å². The minimum Gasteiger partial charge on any atom is -0.505 e. The van der Waals surface area contributed by atoms with Gasteiger partial charge in [-0.1, -0.05) is 0 Å². The first-order chi connectivity index (χ1) is 7.94. The monoisotopic (exact) mass is 281 g/mol. The molecule has 17 heavy (non-hydrogen) atoms. The highest BCUT2D eigenvalue weighted by atomic mass is 35.5. The van der Waals surface area contributed by atoms with Gasteiger partial charge in [-0.2, -0.15) is 0 Å². The van der Waals surface area contributed by atoms with Crippen LogP contribution in [0, 0.1) is 5.82 Å². The van der Waals surface area contributed by atoms with Gasteiger partial charge in [0.1, 0.15) is 0 Å². The fourth-order valence-electron chi connectivity index (χ4n) is 1.19. The number of anilines is 1. The van der Waals surface area contributed by atoms with E-state index >= 15 is 0 Å². The highest BCUT2D eigenvalue weighted by Gasteiger charge is 2.11. The van der Waals surface area contributed by atoms with Gasteiger partial charge in [0, 0.05) is 11.9 Å². The van der Waals surface area contributed by atoms with E-state index in [1.165, 1.54) is 6.07 Å². The number of phenols is 1. The maximum atomic E-state index is 13.0. The average Bonchev–Trinajstić information content (AvgIpc) is 2.23. The molecule has 0 aromatic heterocycles. The number of hydrogen-bond acceptors (Lipinski definition) is 3. The fraction of sp³-hybridized carbons (Fsp3) is 0.400. The molecule has 0 saturated heterocycles. The molecule has 2 N–H and O–H groups in total. The molecule has 0 amide bonds. The molecule has 7 heteroatoms. The van der Waals surface area contributed by atoms with E-state index in [0.717, 1.165) is 12.1 Å². The highest BCUT2D eigenvalue weighted by molar-refractivity contribution is 7.92. The lowest BCUT2D eigenvalue weighted by Crippen LogP contribution is -2.16. The number of benzene rings is 1. The Morgan fingerprint density at radius 3 is 2.65 bits per heavy atom. The standard InChI is InChI=1S/C10H13ClFNO3S/c11-5-1-2-6-17(15,16)13-8-3-4-10(14)9(12)7-8/h3-4,7,13-14H,1-2,5-6H2. The molecule has 0 atom stereocenters. The molecule has 0 aliphatic rings. The Bertz CT molecular complexity index is 478. The number of hydrogen-bond donors (Lipinski definition) is 2. The predicted molar refractivity (Wildman–Crippen MR) is 65.4 cm³/mol. The van der Waals surface area contributed by atoms with Gasteiger partial charge in [-0.05, 0) is 25.0 Å². The number of sulfonamides is 1. The van der Waals surface area contributed by atoms with Crippen LogP contribution < -0.4 is 4.72 Å². The lowest BCUT2D eigenvalue weighted by Gasteiger charge is -2.07. The molecule has 0 fully saturated rings. The summed E-state index contributed by atoms with van der Waals surface area (Å²) in [5.74, 6) is -1.05. The lowest BCUT2D eigenvalue weighted by molar-refractivity contribution is 0.432. The summed E-state index contributed by atoms with van der Waals surface area (Å²) >= 11 is 5.44. The maximum absolute atomic E-state index is 13.0. The van der Waals surface area contributed by atoms with Crippen LogP contribution in [-0.2, 0) is 10.0 Å². The van der Waals surface area contributed by atoms with Crippen molar-refractivity contribution in [2.75, 3.05) is 16.4 Å². The molecule has 0 aliphatic carbocycles. The van der Waals surface area contributed by atoms with Crippen molar-refractivity contribution in [1.82, 2.24) is 0 Å². The topological polar surface area (TPSA) is 66.4 Å².